The molecule has 0 aromatic heterocycles. The fourth-order valence-electron chi connectivity index (χ4n) is 3.06. The summed E-state index contributed by atoms with van der Waals surface area (Å²) in [4.78, 5) is 23.6. The summed E-state index contributed by atoms with van der Waals surface area (Å²) in [5.74, 6) is -1.81. The Kier molecular flexibility index (Phi) is 6.28. The fraction of sp³-hybridized carbons (Fsp3) is 0.556. The molecule has 0 bridgehead atoms. The van der Waals surface area contributed by atoms with Gasteiger partial charge >= 0.3 is 12.1 Å². The van der Waals surface area contributed by atoms with Crippen LogP contribution in [-0.2, 0) is 26.9 Å². The first-order chi connectivity index (χ1) is 12.1. The van der Waals surface area contributed by atoms with E-state index in [1.54, 1.807) is 6.92 Å². The number of hydrogen-bond donors (Lipinski definition) is 2. The van der Waals surface area contributed by atoms with Crippen LogP contribution in [0.4, 0.5) is 13.2 Å². The molecule has 1 aromatic carbocycles. The van der Waals surface area contributed by atoms with Crippen LogP contribution in [0.1, 0.15) is 37.3 Å². The highest BCUT2D eigenvalue weighted by Crippen LogP contribution is 2.29. The van der Waals surface area contributed by atoms with Crippen molar-refractivity contribution < 1.29 is 32.6 Å². The topological polar surface area (TPSA) is 75.6 Å². The Balaban J connectivity index is 2.00. The highest BCUT2D eigenvalue weighted by atomic mass is 19.4. The minimum atomic E-state index is -4.40. The molecule has 26 heavy (non-hydrogen) atoms. The zero-order valence-electron chi connectivity index (χ0n) is 14.4. The van der Waals surface area contributed by atoms with Gasteiger partial charge in [0.05, 0.1) is 17.5 Å². The third-order valence-corrected chi connectivity index (χ3v) is 4.60. The number of carbonyl (C=O) groups excluding carboxylic acids is 1. The SMILES string of the molecule is CC(Cc1ccc(C(F)(F)F)cc1)C(=O)NC1(CC(=O)O)CCOCC1. The molecule has 8 heteroatoms. The van der Waals surface area contributed by atoms with Crippen molar-refractivity contribution in [1.82, 2.24) is 5.32 Å². The maximum Gasteiger partial charge on any atom is 0.416 e. The number of nitrogens with one attached hydrogen (secondary N) is 1. The molecule has 1 saturated heterocycles. The number of ether oxygens (including phenoxy) is 1. The number of carboxylic acid groups (broad SMARTS) is 1. The first kappa shape index (κ1) is 20.2. The highest BCUT2D eigenvalue weighted by molar-refractivity contribution is 5.80. The molecule has 0 radical (unpaired) electrons. The van der Waals surface area contributed by atoms with E-state index in [-0.39, 0.29) is 18.7 Å². The van der Waals surface area contributed by atoms with E-state index in [4.69, 9.17) is 9.84 Å². The van der Waals surface area contributed by atoms with Gasteiger partial charge in [-0.3, -0.25) is 9.59 Å². The molecule has 2 N–H and O–H groups in total. The van der Waals surface area contributed by atoms with Gasteiger partial charge in [0.15, 0.2) is 0 Å². The Morgan fingerprint density at radius 3 is 2.31 bits per heavy atom. The molecule has 144 valence electrons. The lowest BCUT2D eigenvalue weighted by Gasteiger charge is -2.37. The Bertz CT molecular complexity index is 637. The Hall–Kier alpha value is -2.09. The summed E-state index contributed by atoms with van der Waals surface area (Å²) in [5, 5.41) is 12.0. The third-order valence-electron chi connectivity index (χ3n) is 4.60. The molecule has 5 nitrogen and oxygen atoms in total. The molecule has 2 rings (SSSR count). The predicted octanol–water partition coefficient (Wildman–Crippen LogP) is 3.02. The number of alkyl halides is 3. The van der Waals surface area contributed by atoms with E-state index in [2.05, 4.69) is 5.32 Å². The van der Waals surface area contributed by atoms with E-state index in [0.717, 1.165) is 12.1 Å². The van der Waals surface area contributed by atoms with Gasteiger partial charge in [0.2, 0.25) is 5.91 Å². The lowest BCUT2D eigenvalue weighted by molar-refractivity contribution is -0.141. The van der Waals surface area contributed by atoms with Crippen LogP contribution in [0, 0.1) is 5.92 Å². The third kappa shape index (κ3) is 5.45. The maximum absolute atomic E-state index is 12.6. The number of aliphatic carboxylic acids is 1. The Morgan fingerprint density at radius 1 is 1.23 bits per heavy atom. The van der Waals surface area contributed by atoms with Gasteiger partial charge in [-0.1, -0.05) is 19.1 Å². The summed E-state index contributed by atoms with van der Waals surface area (Å²) < 4.78 is 43.0. The van der Waals surface area contributed by atoms with Crippen molar-refractivity contribution in [2.75, 3.05) is 13.2 Å². The van der Waals surface area contributed by atoms with Crippen molar-refractivity contribution >= 4 is 11.9 Å². The monoisotopic (exact) mass is 373 g/mol. The summed E-state index contributed by atoms with van der Waals surface area (Å²) in [7, 11) is 0. The van der Waals surface area contributed by atoms with Gasteiger partial charge in [0.1, 0.15) is 0 Å². The van der Waals surface area contributed by atoms with Crippen LogP contribution < -0.4 is 5.32 Å². The van der Waals surface area contributed by atoms with Crippen molar-refractivity contribution in [3.63, 3.8) is 0 Å². The molecule has 1 amide bonds. The van der Waals surface area contributed by atoms with Gasteiger partial charge in [-0.25, -0.2) is 0 Å². The second-order valence-electron chi connectivity index (χ2n) is 6.75. The van der Waals surface area contributed by atoms with Crippen LogP contribution in [-0.4, -0.2) is 35.7 Å². The van der Waals surface area contributed by atoms with Gasteiger partial charge in [0.25, 0.3) is 0 Å². The van der Waals surface area contributed by atoms with Crippen LogP contribution in [0.15, 0.2) is 24.3 Å². The molecular formula is C18H22F3NO4. The van der Waals surface area contributed by atoms with E-state index in [1.807, 2.05) is 0 Å². The first-order valence-electron chi connectivity index (χ1n) is 8.39. The molecule has 1 aliphatic rings. The van der Waals surface area contributed by atoms with Crippen LogP contribution >= 0.6 is 0 Å². The number of amides is 1. The lowest BCUT2D eigenvalue weighted by Crippen LogP contribution is -2.54. The van der Waals surface area contributed by atoms with E-state index in [9.17, 15) is 22.8 Å². The van der Waals surface area contributed by atoms with E-state index in [1.165, 1.54) is 12.1 Å². The van der Waals surface area contributed by atoms with Crippen molar-refractivity contribution in [3.8, 4) is 0 Å². The van der Waals surface area contributed by atoms with E-state index in [0.29, 0.717) is 31.6 Å². The average Bonchev–Trinajstić information content (AvgIpc) is 2.54. The van der Waals surface area contributed by atoms with E-state index >= 15 is 0 Å². The van der Waals surface area contributed by atoms with Gasteiger partial charge in [-0.15, -0.1) is 0 Å². The van der Waals surface area contributed by atoms with Crippen LogP contribution in [0.25, 0.3) is 0 Å². The minimum absolute atomic E-state index is 0.185. The molecule has 1 heterocycles. The fourth-order valence-corrected chi connectivity index (χ4v) is 3.06. The summed E-state index contributed by atoms with van der Waals surface area (Å²) in [6.45, 7) is 2.42. The van der Waals surface area contributed by atoms with Crippen molar-refractivity contribution in [2.45, 2.75) is 44.3 Å². The maximum atomic E-state index is 12.6. The zero-order valence-corrected chi connectivity index (χ0v) is 14.4. The zero-order chi connectivity index (χ0) is 19.4. The van der Waals surface area contributed by atoms with Crippen LogP contribution in [0.2, 0.25) is 0 Å². The second kappa shape index (κ2) is 8.07. The number of carboxylic acids is 1. The summed E-state index contributed by atoms with van der Waals surface area (Å²) in [6, 6.07) is 4.69. The van der Waals surface area contributed by atoms with Crippen molar-refractivity contribution in [2.24, 2.45) is 5.92 Å². The van der Waals surface area contributed by atoms with Crippen molar-refractivity contribution in [3.05, 3.63) is 35.4 Å². The largest absolute Gasteiger partial charge is 0.481 e. The average molecular weight is 373 g/mol. The summed E-state index contributed by atoms with van der Waals surface area (Å²) >= 11 is 0. The molecule has 1 aliphatic heterocycles. The van der Waals surface area contributed by atoms with Gasteiger partial charge < -0.3 is 15.2 Å². The number of carbonyl (C=O) groups is 2. The van der Waals surface area contributed by atoms with Gasteiger partial charge in [-0.2, -0.15) is 13.2 Å². The molecule has 0 spiro atoms. The van der Waals surface area contributed by atoms with Crippen molar-refractivity contribution in [1.29, 1.82) is 0 Å². The first-order valence-corrected chi connectivity index (χ1v) is 8.39. The molecule has 1 unspecified atom stereocenters. The summed E-state index contributed by atoms with van der Waals surface area (Å²) in [5.41, 5.74) is -0.962. The number of hydrogen-bond acceptors (Lipinski definition) is 3. The molecule has 0 saturated carbocycles. The predicted molar refractivity (Wildman–Crippen MR) is 87.5 cm³/mol. The van der Waals surface area contributed by atoms with Crippen LogP contribution in [0.5, 0.6) is 0 Å². The van der Waals surface area contributed by atoms with Crippen LogP contribution in [0.3, 0.4) is 0 Å². The number of rotatable bonds is 6. The molecule has 1 aromatic rings. The second-order valence-corrected chi connectivity index (χ2v) is 6.75. The molecule has 0 aliphatic carbocycles. The number of benzene rings is 1. The quantitative estimate of drug-likeness (QED) is 0.804. The molecular weight excluding hydrogens is 351 g/mol. The standard InChI is InChI=1S/C18H22F3NO4/c1-12(10-13-2-4-14(5-3-13)18(19,20)21)16(25)22-17(11-15(23)24)6-8-26-9-7-17/h2-5,12H,6-11H2,1H3,(H,22,25)(H,23,24). The molecule has 1 atom stereocenters. The van der Waals surface area contributed by atoms with Gasteiger partial charge in [0, 0.05) is 19.1 Å². The van der Waals surface area contributed by atoms with Gasteiger partial charge in [-0.05, 0) is 37.0 Å². The molecule has 1 fully saturated rings. The Labute approximate surface area is 149 Å². The lowest BCUT2D eigenvalue weighted by atomic mass is 9.85. The minimum Gasteiger partial charge on any atom is -0.481 e. The smallest absolute Gasteiger partial charge is 0.416 e. The number of halogens is 3. The Morgan fingerprint density at radius 2 is 1.81 bits per heavy atom. The highest BCUT2D eigenvalue weighted by Gasteiger charge is 2.37. The normalized spacial score (nSPS) is 18.2. The summed E-state index contributed by atoms with van der Waals surface area (Å²) in [6.07, 6.45) is -3.48. The van der Waals surface area contributed by atoms with E-state index < -0.39 is 29.2 Å².